The van der Waals surface area contributed by atoms with Gasteiger partial charge in [-0.15, -0.1) is 0 Å². The van der Waals surface area contributed by atoms with E-state index in [-0.39, 0.29) is 0 Å². The van der Waals surface area contributed by atoms with Crippen LogP contribution in [0.25, 0.3) is 0 Å². The second kappa shape index (κ2) is 11.4. The van der Waals surface area contributed by atoms with E-state index < -0.39 is 0 Å². The fraction of sp³-hybridized carbons (Fsp3) is 0.900. The normalized spacial score (nSPS) is 10.6. The van der Waals surface area contributed by atoms with Gasteiger partial charge in [-0.1, -0.05) is 13.8 Å². The Bertz CT molecular complexity index is 143. The molecular weight excluding hydrogens is 194 g/mol. The molecule has 0 saturated heterocycles. The molecule has 0 atom stereocenters. The molecule has 0 aromatic carbocycles. The van der Waals surface area contributed by atoms with Gasteiger partial charge in [0.2, 0.25) is 6.41 Å². The molecule has 1 amide bonds. The number of nitrogens with one attached hydrogen (secondary N) is 3. The number of amides is 1. The minimum absolute atomic E-state index is 0.539. The Morgan fingerprint density at radius 1 is 1.13 bits per heavy atom. The van der Waals surface area contributed by atoms with Crippen LogP contribution in [0.2, 0.25) is 0 Å². The third-order valence-electron chi connectivity index (χ3n) is 1.75. The molecule has 0 unspecified atom stereocenters. The highest BCUT2D eigenvalue weighted by molar-refractivity contribution is 5.45. The van der Waals surface area contributed by atoms with Crippen LogP contribution < -0.4 is 16.0 Å². The van der Waals surface area contributed by atoms with E-state index in [9.17, 15) is 4.79 Å². The predicted octanol–water partition coefficient (Wildman–Crippen LogP) is -0.663. The largest absolute Gasteiger partial charge is 0.378 e. The van der Waals surface area contributed by atoms with E-state index in [0.717, 1.165) is 19.6 Å². The van der Waals surface area contributed by atoms with Crippen LogP contribution in [0.15, 0.2) is 0 Å². The van der Waals surface area contributed by atoms with Crippen molar-refractivity contribution in [2.75, 3.05) is 39.4 Å². The molecule has 0 saturated carbocycles. The number of carbonyl (C=O) groups excluding carboxylic acids is 1. The maximum atomic E-state index is 9.88. The lowest BCUT2D eigenvalue weighted by molar-refractivity contribution is -0.109. The Balaban J connectivity index is 2.89. The summed E-state index contributed by atoms with van der Waals surface area (Å²) in [7, 11) is 0. The zero-order chi connectivity index (χ0) is 11.4. The topological polar surface area (TPSA) is 62.4 Å². The van der Waals surface area contributed by atoms with E-state index in [4.69, 9.17) is 4.74 Å². The van der Waals surface area contributed by atoms with Gasteiger partial charge in [0.15, 0.2) is 0 Å². The van der Waals surface area contributed by atoms with Crippen molar-refractivity contribution < 1.29 is 9.53 Å². The van der Waals surface area contributed by atoms with Gasteiger partial charge in [-0.25, -0.2) is 0 Å². The summed E-state index contributed by atoms with van der Waals surface area (Å²) in [5, 5.41) is 9.10. The monoisotopic (exact) mass is 217 g/mol. The second-order valence-corrected chi connectivity index (χ2v) is 3.54. The van der Waals surface area contributed by atoms with Gasteiger partial charge in [0, 0.05) is 32.2 Å². The van der Waals surface area contributed by atoms with Crippen LogP contribution in [-0.4, -0.2) is 51.8 Å². The van der Waals surface area contributed by atoms with Crippen molar-refractivity contribution in [1.82, 2.24) is 16.0 Å². The third kappa shape index (κ3) is 13.3. The second-order valence-electron chi connectivity index (χ2n) is 3.54. The summed E-state index contributed by atoms with van der Waals surface area (Å²) in [6.45, 7) is 8.87. The standard InChI is InChI=1S/C10H23N3O2/c1-10(2)13-4-3-11-5-7-15-8-6-12-9-14/h9-11,13H,3-8H2,1-2H3,(H,12,14). The van der Waals surface area contributed by atoms with Crippen LogP contribution in [0, 0.1) is 0 Å². The van der Waals surface area contributed by atoms with E-state index in [2.05, 4.69) is 29.8 Å². The molecule has 0 spiro atoms. The summed E-state index contributed by atoms with van der Waals surface area (Å²) in [6, 6.07) is 0.539. The van der Waals surface area contributed by atoms with Gasteiger partial charge in [-0.2, -0.15) is 0 Å². The van der Waals surface area contributed by atoms with Crippen LogP contribution in [0.5, 0.6) is 0 Å². The van der Waals surface area contributed by atoms with Crippen LogP contribution in [0.4, 0.5) is 0 Å². The lowest BCUT2D eigenvalue weighted by atomic mass is 10.4. The Hall–Kier alpha value is -0.650. The van der Waals surface area contributed by atoms with Crippen LogP contribution in [0.1, 0.15) is 13.8 Å². The van der Waals surface area contributed by atoms with E-state index in [1.54, 1.807) is 0 Å². The molecule has 0 radical (unpaired) electrons. The molecule has 0 aromatic heterocycles. The quantitative estimate of drug-likeness (QED) is 0.317. The van der Waals surface area contributed by atoms with Gasteiger partial charge in [0.05, 0.1) is 13.2 Å². The minimum Gasteiger partial charge on any atom is -0.378 e. The van der Waals surface area contributed by atoms with Crippen molar-refractivity contribution in [2.45, 2.75) is 19.9 Å². The first-order chi connectivity index (χ1) is 7.27. The van der Waals surface area contributed by atoms with Gasteiger partial charge in [-0.3, -0.25) is 4.79 Å². The fourth-order valence-corrected chi connectivity index (χ4v) is 1.01. The SMILES string of the molecule is CC(C)NCCNCCOCCNC=O. The fourth-order valence-electron chi connectivity index (χ4n) is 1.01. The molecule has 0 aromatic rings. The van der Waals surface area contributed by atoms with E-state index in [1.807, 2.05) is 0 Å². The highest BCUT2D eigenvalue weighted by Gasteiger charge is 1.91. The number of ether oxygens (including phenoxy) is 1. The average molecular weight is 217 g/mol. The molecule has 5 nitrogen and oxygen atoms in total. The summed E-state index contributed by atoms with van der Waals surface area (Å²) < 4.78 is 5.26. The molecule has 0 aliphatic carbocycles. The average Bonchev–Trinajstić information content (AvgIpc) is 2.20. The molecular formula is C10H23N3O2. The molecule has 0 fully saturated rings. The molecule has 0 aliphatic heterocycles. The van der Waals surface area contributed by atoms with Crippen molar-refractivity contribution >= 4 is 6.41 Å². The van der Waals surface area contributed by atoms with Crippen molar-refractivity contribution in [3.8, 4) is 0 Å². The molecule has 0 aliphatic rings. The van der Waals surface area contributed by atoms with Gasteiger partial charge in [0.25, 0.3) is 0 Å². The lowest BCUT2D eigenvalue weighted by Gasteiger charge is -2.09. The smallest absolute Gasteiger partial charge is 0.207 e. The Morgan fingerprint density at radius 3 is 2.53 bits per heavy atom. The zero-order valence-electron chi connectivity index (χ0n) is 9.71. The van der Waals surface area contributed by atoms with E-state index in [1.165, 1.54) is 0 Å². The highest BCUT2D eigenvalue weighted by atomic mass is 16.5. The maximum absolute atomic E-state index is 9.88. The van der Waals surface area contributed by atoms with Crippen molar-refractivity contribution in [3.63, 3.8) is 0 Å². The zero-order valence-corrected chi connectivity index (χ0v) is 9.71. The molecule has 90 valence electrons. The summed E-state index contributed by atoms with van der Waals surface area (Å²) in [5.41, 5.74) is 0. The van der Waals surface area contributed by atoms with E-state index >= 15 is 0 Å². The van der Waals surface area contributed by atoms with Crippen LogP contribution >= 0.6 is 0 Å². The number of hydrogen-bond donors (Lipinski definition) is 3. The summed E-state index contributed by atoms with van der Waals surface area (Å²) in [4.78, 5) is 9.88. The lowest BCUT2D eigenvalue weighted by Crippen LogP contribution is -2.33. The van der Waals surface area contributed by atoms with Gasteiger partial charge in [-0.05, 0) is 0 Å². The minimum atomic E-state index is 0.539. The van der Waals surface area contributed by atoms with Gasteiger partial charge < -0.3 is 20.7 Å². The summed E-state index contributed by atoms with van der Waals surface area (Å²) in [5.74, 6) is 0. The Kier molecular flexibility index (Phi) is 10.9. The maximum Gasteiger partial charge on any atom is 0.207 e. The predicted molar refractivity (Wildman–Crippen MR) is 60.9 cm³/mol. The molecule has 3 N–H and O–H groups in total. The molecule has 15 heavy (non-hydrogen) atoms. The Labute approximate surface area is 91.9 Å². The molecule has 0 heterocycles. The van der Waals surface area contributed by atoms with Crippen molar-refractivity contribution in [3.05, 3.63) is 0 Å². The summed E-state index contributed by atoms with van der Waals surface area (Å²) in [6.07, 6.45) is 0.680. The van der Waals surface area contributed by atoms with Gasteiger partial charge in [0.1, 0.15) is 0 Å². The van der Waals surface area contributed by atoms with E-state index in [0.29, 0.717) is 32.2 Å². The van der Waals surface area contributed by atoms with Crippen LogP contribution in [0.3, 0.4) is 0 Å². The first-order valence-electron chi connectivity index (χ1n) is 5.46. The van der Waals surface area contributed by atoms with Gasteiger partial charge >= 0.3 is 0 Å². The summed E-state index contributed by atoms with van der Waals surface area (Å²) >= 11 is 0. The van der Waals surface area contributed by atoms with Crippen molar-refractivity contribution in [2.24, 2.45) is 0 Å². The number of rotatable bonds is 11. The molecule has 0 bridgehead atoms. The first kappa shape index (κ1) is 14.3. The Morgan fingerprint density at radius 2 is 1.87 bits per heavy atom. The van der Waals surface area contributed by atoms with Crippen molar-refractivity contribution in [1.29, 1.82) is 0 Å². The first-order valence-corrected chi connectivity index (χ1v) is 5.46. The number of hydrogen-bond acceptors (Lipinski definition) is 4. The highest BCUT2D eigenvalue weighted by Crippen LogP contribution is 1.74. The van der Waals surface area contributed by atoms with Crippen LogP contribution in [-0.2, 0) is 9.53 Å². The third-order valence-corrected chi connectivity index (χ3v) is 1.75. The molecule has 5 heteroatoms. The number of carbonyl (C=O) groups is 1. The molecule has 0 rings (SSSR count).